The van der Waals surface area contributed by atoms with Crippen molar-refractivity contribution in [2.45, 2.75) is 39.8 Å². The van der Waals surface area contributed by atoms with Gasteiger partial charge in [-0.2, -0.15) is 4.98 Å². The molecule has 2 heterocycles. The number of amides is 1. The van der Waals surface area contributed by atoms with Crippen molar-refractivity contribution in [3.05, 3.63) is 86.8 Å². The second-order valence-electron chi connectivity index (χ2n) is 8.51. The highest BCUT2D eigenvalue weighted by Crippen LogP contribution is 2.28. The standard InChI is InChI=1S/C27H26N4O3S/c1-15-8-6-11-22(18(15)4)31-25-24(16(2)12-17(3)28-25)26(34)30-27(31)35-14-23(33)29-21-10-7-9-20(13-21)19(5)32/h6-13H,14H2,1-5H3,(H,29,33). The van der Waals surface area contributed by atoms with Crippen LogP contribution in [0.2, 0.25) is 0 Å². The van der Waals surface area contributed by atoms with Gasteiger partial charge in [0.05, 0.1) is 16.8 Å². The molecule has 4 aromatic rings. The van der Waals surface area contributed by atoms with Crippen molar-refractivity contribution in [1.29, 1.82) is 0 Å². The number of rotatable bonds is 6. The van der Waals surface area contributed by atoms with E-state index >= 15 is 0 Å². The minimum atomic E-state index is -0.372. The van der Waals surface area contributed by atoms with Crippen LogP contribution in [0.5, 0.6) is 0 Å². The lowest BCUT2D eigenvalue weighted by atomic mass is 10.1. The Balaban J connectivity index is 1.75. The van der Waals surface area contributed by atoms with Crippen molar-refractivity contribution >= 4 is 40.2 Å². The number of benzene rings is 2. The maximum Gasteiger partial charge on any atom is 0.283 e. The lowest BCUT2D eigenvalue weighted by Gasteiger charge is -2.18. The Hall–Kier alpha value is -3.78. The van der Waals surface area contributed by atoms with Gasteiger partial charge in [-0.3, -0.25) is 19.0 Å². The van der Waals surface area contributed by atoms with Gasteiger partial charge in [-0.1, -0.05) is 36.0 Å². The van der Waals surface area contributed by atoms with Crippen LogP contribution >= 0.6 is 11.8 Å². The van der Waals surface area contributed by atoms with E-state index in [0.717, 1.165) is 28.1 Å². The Morgan fingerprint density at radius 2 is 1.71 bits per heavy atom. The smallest absolute Gasteiger partial charge is 0.283 e. The van der Waals surface area contributed by atoms with E-state index in [4.69, 9.17) is 4.98 Å². The molecule has 8 heteroatoms. The van der Waals surface area contributed by atoms with E-state index in [0.29, 0.717) is 27.4 Å². The molecule has 4 rings (SSSR count). The number of carbonyl (C=O) groups excluding carboxylic acids is 2. The molecule has 0 radical (unpaired) electrons. The summed E-state index contributed by atoms with van der Waals surface area (Å²) in [6.07, 6.45) is 0. The quantitative estimate of drug-likeness (QED) is 0.236. The van der Waals surface area contributed by atoms with Crippen LogP contribution in [0.15, 0.2) is 58.5 Å². The second-order valence-corrected chi connectivity index (χ2v) is 9.45. The number of ketones is 1. The number of hydrogen-bond acceptors (Lipinski definition) is 6. The van der Waals surface area contributed by atoms with Crippen LogP contribution < -0.4 is 10.9 Å². The molecule has 0 aliphatic heterocycles. The van der Waals surface area contributed by atoms with E-state index in [9.17, 15) is 14.4 Å². The average molecular weight is 487 g/mol. The van der Waals surface area contributed by atoms with Gasteiger partial charge >= 0.3 is 0 Å². The maximum absolute atomic E-state index is 13.0. The van der Waals surface area contributed by atoms with E-state index < -0.39 is 0 Å². The van der Waals surface area contributed by atoms with Gasteiger partial charge in [-0.05, 0) is 75.6 Å². The van der Waals surface area contributed by atoms with Crippen LogP contribution in [0.25, 0.3) is 16.7 Å². The van der Waals surface area contributed by atoms with E-state index in [2.05, 4.69) is 10.3 Å². The monoisotopic (exact) mass is 486 g/mol. The first-order valence-electron chi connectivity index (χ1n) is 11.2. The molecule has 0 aliphatic rings. The molecular weight excluding hydrogens is 460 g/mol. The normalized spacial score (nSPS) is 11.0. The van der Waals surface area contributed by atoms with Crippen LogP contribution in [0, 0.1) is 27.7 Å². The molecule has 0 saturated carbocycles. The number of hydrogen-bond donors (Lipinski definition) is 1. The first kappa shape index (κ1) is 24.3. The number of fused-ring (bicyclic) bond motifs is 1. The number of pyridine rings is 1. The van der Waals surface area contributed by atoms with E-state index in [1.54, 1.807) is 24.3 Å². The Kier molecular flexibility index (Phi) is 6.84. The van der Waals surface area contributed by atoms with Crippen LogP contribution in [-0.4, -0.2) is 32.0 Å². The lowest BCUT2D eigenvalue weighted by molar-refractivity contribution is -0.113. The van der Waals surface area contributed by atoms with Crippen molar-refractivity contribution < 1.29 is 9.59 Å². The maximum atomic E-state index is 13.0. The van der Waals surface area contributed by atoms with Crippen molar-refractivity contribution in [2.24, 2.45) is 0 Å². The highest BCUT2D eigenvalue weighted by atomic mass is 32.2. The van der Waals surface area contributed by atoms with Crippen molar-refractivity contribution in [3.63, 3.8) is 0 Å². The number of aromatic nitrogens is 3. The van der Waals surface area contributed by atoms with Crippen LogP contribution in [0.3, 0.4) is 0 Å². The molecule has 1 N–H and O–H groups in total. The average Bonchev–Trinajstić information content (AvgIpc) is 2.79. The predicted molar refractivity (Wildman–Crippen MR) is 140 cm³/mol. The molecule has 0 atom stereocenters. The first-order valence-corrected chi connectivity index (χ1v) is 12.2. The SMILES string of the molecule is CC(=O)c1cccc(NC(=O)CSc2nc(=O)c3c(C)cc(C)nc3n2-c2cccc(C)c2C)c1. The Labute approximate surface area is 207 Å². The van der Waals surface area contributed by atoms with Gasteiger partial charge in [-0.15, -0.1) is 0 Å². The molecule has 7 nitrogen and oxygen atoms in total. The van der Waals surface area contributed by atoms with E-state index in [1.807, 2.05) is 56.5 Å². The summed E-state index contributed by atoms with van der Waals surface area (Å²) in [6.45, 7) is 9.28. The second kappa shape index (κ2) is 9.84. The zero-order chi connectivity index (χ0) is 25.3. The summed E-state index contributed by atoms with van der Waals surface area (Å²) in [7, 11) is 0. The van der Waals surface area contributed by atoms with Crippen molar-refractivity contribution in [2.75, 3.05) is 11.1 Å². The predicted octanol–water partition coefficient (Wildman–Crippen LogP) is 4.95. The van der Waals surface area contributed by atoms with E-state index in [1.165, 1.54) is 18.7 Å². The topological polar surface area (TPSA) is 93.9 Å². The van der Waals surface area contributed by atoms with Gasteiger partial charge in [-0.25, -0.2) is 4.98 Å². The third kappa shape index (κ3) is 5.02. The molecule has 2 aromatic heterocycles. The van der Waals surface area contributed by atoms with Gasteiger partial charge in [0.2, 0.25) is 5.91 Å². The fourth-order valence-corrected chi connectivity index (χ4v) is 4.76. The molecule has 0 aliphatic carbocycles. The highest BCUT2D eigenvalue weighted by molar-refractivity contribution is 7.99. The molecular formula is C27H26N4O3S. The number of carbonyl (C=O) groups is 2. The van der Waals surface area contributed by atoms with Crippen LogP contribution in [0.4, 0.5) is 5.69 Å². The Morgan fingerprint density at radius 1 is 0.971 bits per heavy atom. The highest BCUT2D eigenvalue weighted by Gasteiger charge is 2.19. The minimum absolute atomic E-state index is 0.0257. The molecule has 0 bridgehead atoms. The number of Topliss-reactive ketones (excluding diaryl/α,β-unsaturated/α-hetero) is 1. The summed E-state index contributed by atoms with van der Waals surface area (Å²) in [6, 6.07) is 14.6. The van der Waals surface area contributed by atoms with Gasteiger partial charge in [0.25, 0.3) is 5.56 Å². The molecule has 0 spiro atoms. The fourth-order valence-electron chi connectivity index (χ4n) is 3.96. The van der Waals surface area contributed by atoms with E-state index in [-0.39, 0.29) is 23.0 Å². The zero-order valence-electron chi connectivity index (χ0n) is 20.3. The largest absolute Gasteiger partial charge is 0.325 e. The number of nitrogens with zero attached hydrogens (tertiary/aromatic N) is 3. The summed E-state index contributed by atoms with van der Waals surface area (Å²) in [4.78, 5) is 46.4. The summed E-state index contributed by atoms with van der Waals surface area (Å²) in [5.74, 6) is -0.324. The molecule has 0 fully saturated rings. The Morgan fingerprint density at radius 3 is 2.46 bits per heavy atom. The molecule has 178 valence electrons. The van der Waals surface area contributed by atoms with Crippen molar-refractivity contribution in [1.82, 2.24) is 14.5 Å². The molecule has 35 heavy (non-hydrogen) atoms. The zero-order valence-corrected chi connectivity index (χ0v) is 21.1. The fraction of sp³-hybridized carbons (Fsp3) is 0.222. The van der Waals surface area contributed by atoms with Gasteiger partial charge in [0.1, 0.15) is 0 Å². The van der Waals surface area contributed by atoms with Gasteiger partial charge < -0.3 is 5.32 Å². The number of anilines is 1. The lowest BCUT2D eigenvalue weighted by Crippen LogP contribution is -2.20. The Bertz CT molecular complexity index is 1540. The van der Waals surface area contributed by atoms with Gasteiger partial charge in [0.15, 0.2) is 16.6 Å². The third-order valence-electron chi connectivity index (χ3n) is 5.84. The number of aryl methyl sites for hydroxylation is 3. The number of thioether (sulfide) groups is 1. The molecule has 1 amide bonds. The summed E-state index contributed by atoms with van der Waals surface area (Å²) in [5.41, 5.74) is 5.79. The number of nitrogens with one attached hydrogen (secondary N) is 1. The molecule has 2 aromatic carbocycles. The van der Waals surface area contributed by atoms with Crippen LogP contribution in [-0.2, 0) is 4.79 Å². The summed E-state index contributed by atoms with van der Waals surface area (Å²) in [5, 5.41) is 3.67. The minimum Gasteiger partial charge on any atom is -0.325 e. The van der Waals surface area contributed by atoms with Crippen LogP contribution in [0.1, 0.15) is 39.7 Å². The van der Waals surface area contributed by atoms with Gasteiger partial charge in [0, 0.05) is 16.9 Å². The first-order chi connectivity index (χ1) is 16.7. The summed E-state index contributed by atoms with van der Waals surface area (Å²) >= 11 is 1.17. The third-order valence-corrected chi connectivity index (χ3v) is 6.78. The molecule has 0 saturated heterocycles. The van der Waals surface area contributed by atoms with Crippen molar-refractivity contribution in [3.8, 4) is 5.69 Å². The summed E-state index contributed by atoms with van der Waals surface area (Å²) < 4.78 is 1.87. The molecule has 0 unspecified atom stereocenters.